The van der Waals surface area contributed by atoms with Crippen molar-refractivity contribution in [2.24, 2.45) is 5.92 Å². The second-order valence-corrected chi connectivity index (χ2v) is 6.68. The molecule has 0 bridgehead atoms. The molecule has 1 amide bonds. The Labute approximate surface area is 160 Å². The monoisotopic (exact) mass is 363 g/mol. The molecule has 4 heteroatoms. The average Bonchev–Trinajstić information content (AvgIpc) is 2.73. The molecule has 0 aliphatic carbocycles. The third kappa shape index (κ3) is 4.85. The number of nitrogens with zero attached hydrogens (tertiary/aromatic N) is 1. The van der Waals surface area contributed by atoms with Crippen LogP contribution in [0.2, 0.25) is 0 Å². The number of rotatable bonds is 5. The molecular weight excluding hydrogens is 338 g/mol. The maximum atomic E-state index is 13.3. The Hall–Kier alpha value is -2.88. The third-order valence-corrected chi connectivity index (χ3v) is 4.75. The van der Waals surface area contributed by atoms with Crippen LogP contribution in [-0.2, 0) is 14.3 Å². The van der Waals surface area contributed by atoms with Gasteiger partial charge in [0.15, 0.2) is 0 Å². The molecule has 2 aromatic rings. The molecular formula is C23H25NO3. The molecule has 1 unspecified atom stereocenters. The molecule has 1 heterocycles. The first-order valence-electron chi connectivity index (χ1n) is 9.47. The molecule has 2 aromatic carbocycles. The fourth-order valence-corrected chi connectivity index (χ4v) is 3.39. The summed E-state index contributed by atoms with van der Waals surface area (Å²) in [5.41, 5.74) is 2.50. The van der Waals surface area contributed by atoms with Crippen LogP contribution in [0.3, 0.4) is 0 Å². The van der Waals surface area contributed by atoms with Crippen LogP contribution < -0.4 is 0 Å². The highest BCUT2D eigenvalue weighted by molar-refractivity contribution is 6.24. The Morgan fingerprint density at radius 2 is 1.74 bits per heavy atom. The van der Waals surface area contributed by atoms with Gasteiger partial charge in [-0.1, -0.05) is 60.7 Å². The number of hydrogen-bond donors (Lipinski definition) is 0. The fraction of sp³-hybridized carbons (Fsp3) is 0.304. The van der Waals surface area contributed by atoms with Gasteiger partial charge in [0, 0.05) is 18.7 Å². The summed E-state index contributed by atoms with van der Waals surface area (Å²) in [6, 6.07) is 19.5. The summed E-state index contributed by atoms with van der Waals surface area (Å²) < 4.78 is 5.16. The zero-order valence-corrected chi connectivity index (χ0v) is 15.6. The van der Waals surface area contributed by atoms with Gasteiger partial charge in [0.05, 0.1) is 12.5 Å². The Bertz CT molecular complexity index is 799. The summed E-state index contributed by atoms with van der Waals surface area (Å²) in [6.45, 7) is 3.25. The van der Waals surface area contributed by atoms with Crippen molar-refractivity contribution in [3.05, 3.63) is 71.8 Å². The van der Waals surface area contributed by atoms with E-state index in [-0.39, 0.29) is 17.8 Å². The van der Waals surface area contributed by atoms with Crippen molar-refractivity contribution in [3.8, 4) is 0 Å². The normalized spacial score (nSPS) is 17.4. The van der Waals surface area contributed by atoms with E-state index in [0.717, 1.165) is 24.0 Å². The molecule has 27 heavy (non-hydrogen) atoms. The molecule has 1 fully saturated rings. The number of carbonyl (C=O) groups is 2. The average molecular weight is 363 g/mol. The van der Waals surface area contributed by atoms with Gasteiger partial charge in [-0.25, -0.2) is 0 Å². The van der Waals surface area contributed by atoms with Crippen molar-refractivity contribution in [1.29, 1.82) is 0 Å². The summed E-state index contributed by atoms with van der Waals surface area (Å²) in [6.07, 6.45) is 3.50. The Kier molecular flexibility index (Phi) is 6.42. The number of piperidine rings is 1. The van der Waals surface area contributed by atoms with Gasteiger partial charge in [-0.05, 0) is 37.0 Å². The minimum absolute atomic E-state index is 0.0425. The molecule has 0 N–H and O–H groups in total. The van der Waals surface area contributed by atoms with Crippen molar-refractivity contribution >= 4 is 23.5 Å². The standard InChI is InChI=1S/C23H25NO3/c1-2-27-23(26)20-14-9-15-24(17-20)22(25)21(19-12-7-4-8-13-19)16-18-10-5-3-6-11-18/h3-8,10-13,16,20H,2,9,14-15,17H2,1H3/b21-16-. The molecule has 3 rings (SSSR count). The van der Waals surface area contributed by atoms with Crippen LogP contribution in [-0.4, -0.2) is 36.5 Å². The quantitative estimate of drug-likeness (QED) is 0.458. The van der Waals surface area contributed by atoms with Crippen molar-refractivity contribution in [1.82, 2.24) is 4.90 Å². The summed E-state index contributed by atoms with van der Waals surface area (Å²) in [5.74, 6) is -0.487. The lowest BCUT2D eigenvalue weighted by atomic mass is 9.95. The first-order valence-corrected chi connectivity index (χ1v) is 9.47. The number of esters is 1. The fourth-order valence-electron chi connectivity index (χ4n) is 3.39. The van der Waals surface area contributed by atoms with Crippen LogP contribution in [0.15, 0.2) is 60.7 Å². The van der Waals surface area contributed by atoms with Gasteiger partial charge in [-0.3, -0.25) is 9.59 Å². The van der Waals surface area contributed by atoms with Gasteiger partial charge >= 0.3 is 5.97 Å². The van der Waals surface area contributed by atoms with Gasteiger partial charge in [0.2, 0.25) is 0 Å². The molecule has 140 valence electrons. The van der Waals surface area contributed by atoms with Gasteiger partial charge in [-0.2, -0.15) is 0 Å². The topological polar surface area (TPSA) is 46.6 Å². The highest BCUT2D eigenvalue weighted by atomic mass is 16.5. The Morgan fingerprint density at radius 3 is 2.41 bits per heavy atom. The lowest BCUT2D eigenvalue weighted by Gasteiger charge is -2.32. The van der Waals surface area contributed by atoms with Gasteiger partial charge in [0.1, 0.15) is 0 Å². The van der Waals surface area contributed by atoms with E-state index in [1.807, 2.05) is 66.7 Å². The molecule has 1 aliphatic heterocycles. The van der Waals surface area contributed by atoms with E-state index < -0.39 is 0 Å². The van der Waals surface area contributed by atoms with Crippen LogP contribution in [0.25, 0.3) is 11.6 Å². The molecule has 1 atom stereocenters. The number of benzene rings is 2. The van der Waals surface area contributed by atoms with E-state index in [1.54, 1.807) is 11.8 Å². The van der Waals surface area contributed by atoms with E-state index in [4.69, 9.17) is 4.74 Å². The first kappa shape index (κ1) is 18.9. The predicted octanol–water partition coefficient (Wildman–Crippen LogP) is 4.03. The van der Waals surface area contributed by atoms with E-state index in [2.05, 4.69) is 0 Å². The van der Waals surface area contributed by atoms with Gasteiger partial charge < -0.3 is 9.64 Å². The number of amides is 1. The molecule has 4 nitrogen and oxygen atoms in total. The minimum Gasteiger partial charge on any atom is -0.466 e. The summed E-state index contributed by atoms with van der Waals surface area (Å²) in [4.78, 5) is 27.2. The van der Waals surface area contributed by atoms with E-state index in [9.17, 15) is 9.59 Å². The van der Waals surface area contributed by atoms with Crippen molar-refractivity contribution in [2.75, 3.05) is 19.7 Å². The Balaban J connectivity index is 1.87. The molecule has 1 saturated heterocycles. The van der Waals surface area contributed by atoms with E-state index in [1.165, 1.54) is 0 Å². The zero-order chi connectivity index (χ0) is 19.1. The number of hydrogen-bond acceptors (Lipinski definition) is 3. The van der Waals surface area contributed by atoms with Crippen molar-refractivity contribution in [2.45, 2.75) is 19.8 Å². The lowest BCUT2D eigenvalue weighted by Crippen LogP contribution is -2.43. The molecule has 0 spiro atoms. The molecule has 0 radical (unpaired) electrons. The molecule has 0 saturated carbocycles. The van der Waals surface area contributed by atoms with Gasteiger partial charge in [-0.15, -0.1) is 0 Å². The van der Waals surface area contributed by atoms with Crippen LogP contribution in [0.5, 0.6) is 0 Å². The molecule has 1 aliphatic rings. The number of likely N-dealkylation sites (tertiary alicyclic amines) is 1. The van der Waals surface area contributed by atoms with Crippen LogP contribution in [0.1, 0.15) is 30.9 Å². The second kappa shape index (κ2) is 9.17. The largest absolute Gasteiger partial charge is 0.466 e. The molecule has 0 aromatic heterocycles. The smallest absolute Gasteiger partial charge is 0.310 e. The highest BCUT2D eigenvalue weighted by Gasteiger charge is 2.30. The Morgan fingerprint density at radius 1 is 1.07 bits per heavy atom. The minimum atomic E-state index is -0.239. The first-order chi connectivity index (χ1) is 13.2. The van der Waals surface area contributed by atoms with Crippen LogP contribution in [0, 0.1) is 5.92 Å². The van der Waals surface area contributed by atoms with Gasteiger partial charge in [0.25, 0.3) is 5.91 Å². The summed E-state index contributed by atoms with van der Waals surface area (Å²) in [7, 11) is 0. The van der Waals surface area contributed by atoms with Crippen LogP contribution >= 0.6 is 0 Å². The number of carbonyl (C=O) groups excluding carboxylic acids is 2. The summed E-state index contributed by atoms with van der Waals surface area (Å²) in [5, 5.41) is 0. The van der Waals surface area contributed by atoms with E-state index in [0.29, 0.717) is 25.3 Å². The SMILES string of the molecule is CCOC(=O)C1CCCN(C(=O)/C(=C\c2ccccc2)c2ccccc2)C1. The van der Waals surface area contributed by atoms with Crippen molar-refractivity contribution in [3.63, 3.8) is 0 Å². The highest BCUT2D eigenvalue weighted by Crippen LogP contribution is 2.25. The number of ether oxygens (including phenoxy) is 1. The summed E-state index contributed by atoms with van der Waals surface area (Å²) >= 11 is 0. The maximum Gasteiger partial charge on any atom is 0.310 e. The van der Waals surface area contributed by atoms with Crippen LogP contribution in [0.4, 0.5) is 0 Å². The predicted molar refractivity (Wildman–Crippen MR) is 107 cm³/mol. The maximum absolute atomic E-state index is 13.3. The van der Waals surface area contributed by atoms with E-state index >= 15 is 0 Å². The third-order valence-electron chi connectivity index (χ3n) is 4.75. The second-order valence-electron chi connectivity index (χ2n) is 6.68. The lowest BCUT2D eigenvalue weighted by molar-refractivity contribution is -0.150. The zero-order valence-electron chi connectivity index (χ0n) is 15.6. The van der Waals surface area contributed by atoms with Crippen molar-refractivity contribution < 1.29 is 14.3 Å².